The predicted octanol–water partition coefficient (Wildman–Crippen LogP) is 1.69. The van der Waals surface area contributed by atoms with Gasteiger partial charge in [-0.3, -0.25) is 0 Å². The lowest BCUT2D eigenvalue weighted by molar-refractivity contribution is 0.306. The summed E-state index contributed by atoms with van der Waals surface area (Å²) in [7, 11) is 3.93. The topological polar surface area (TPSA) is 48.3 Å². The van der Waals surface area contributed by atoms with Crippen LogP contribution in [0, 0.1) is 0 Å². The van der Waals surface area contributed by atoms with Crippen LogP contribution in [-0.2, 0) is 13.5 Å². The molecular formula is C15H19N3O2. The Morgan fingerprint density at radius 3 is 3.15 bits per heavy atom. The van der Waals surface area contributed by atoms with Gasteiger partial charge in [0.2, 0.25) is 0 Å². The summed E-state index contributed by atoms with van der Waals surface area (Å²) in [6.07, 6.45) is 4.54. The Hall–Kier alpha value is -2.01. The summed E-state index contributed by atoms with van der Waals surface area (Å²) in [5.74, 6) is 2.78. The van der Waals surface area contributed by atoms with Crippen LogP contribution in [0.1, 0.15) is 17.4 Å². The number of rotatable bonds is 5. The van der Waals surface area contributed by atoms with Crippen LogP contribution in [0.3, 0.4) is 0 Å². The minimum absolute atomic E-state index is 0.284. The van der Waals surface area contributed by atoms with Crippen molar-refractivity contribution in [1.29, 1.82) is 0 Å². The SMILES string of the molecule is CNC1COc2cc(OCCc3nccn3C)ccc21. The Kier molecular flexibility index (Phi) is 3.60. The van der Waals surface area contributed by atoms with Crippen LogP contribution in [0.4, 0.5) is 0 Å². The number of fused-ring (bicyclic) bond motifs is 1. The summed E-state index contributed by atoms with van der Waals surface area (Å²) in [5.41, 5.74) is 1.20. The van der Waals surface area contributed by atoms with E-state index in [1.165, 1.54) is 5.56 Å². The van der Waals surface area contributed by atoms with Gasteiger partial charge in [-0.2, -0.15) is 0 Å². The lowest BCUT2D eigenvalue weighted by Gasteiger charge is -2.09. The van der Waals surface area contributed by atoms with Crippen LogP contribution in [0.15, 0.2) is 30.6 Å². The molecule has 2 aromatic rings. The van der Waals surface area contributed by atoms with Gasteiger partial charge in [0.1, 0.15) is 23.9 Å². The molecule has 1 aliphatic heterocycles. The molecule has 0 amide bonds. The zero-order chi connectivity index (χ0) is 13.9. The number of aryl methyl sites for hydroxylation is 1. The summed E-state index contributed by atoms with van der Waals surface area (Å²) in [6.45, 7) is 1.29. The molecule has 1 aromatic heterocycles. The molecule has 0 saturated carbocycles. The van der Waals surface area contributed by atoms with Crippen molar-refractivity contribution in [3.63, 3.8) is 0 Å². The van der Waals surface area contributed by atoms with Crippen molar-refractivity contribution in [2.24, 2.45) is 7.05 Å². The molecule has 1 unspecified atom stereocenters. The maximum atomic E-state index is 5.77. The fourth-order valence-electron chi connectivity index (χ4n) is 2.42. The molecule has 0 fully saturated rings. The molecule has 0 saturated heterocycles. The number of nitrogens with zero attached hydrogens (tertiary/aromatic N) is 2. The number of nitrogens with one attached hydrogen (secondary N) is 1. The number of likely N-dealkylation sites (N-methyl/N-ethyl adjacent to an activating group) is 1. The predicted molar refractivity (Wildman–Crippen MR) is 76.1 cm³/mol. The number of hydrogen-bond acceptors (Lipinski definition) is 4. The quantitative estimate of drug-likeness (QED) is 0.900. The van der Waals surface area contributed by atoms with Gasteiger partial charge in [-0.05, 0) is 19.2 Å². The van der Waals surface area contributed by atoms with Crippen molar-refractivity contribution in [2.45, 2.75) is 12.5 Å². The summed E-state index contributed by atoms with van der Waals surface area (Å²) < 4.78 is 13.4. The van der Waals surface area contributed by atoms with Crippen molar-refractivity contribution in [3.8, 4) is 11.5 Å². The van der Waals surface area contributed by atoms with Crippen molar-refractivity contribution in [1.82, 2.24) is 14.9 Å². The van der Waals surface area contributed by atoms with Gasteiger partial charge in [-0.15, -0.1) is 0 Å². The number of aromatic nitrogens is 2. The van der Waals surface area contributed by atoms with E-state index in [-0.39, 0.29) is 6.04 Å². The normalized spacial score (nSPS) is 16.8. The maximum Gasteiger partial charge on any atom is 0.127 e. The molecule has 0 spiro atoms. The maximum absolute atomic E-state index is 5.77. The van der Waals surface area contributed by atoms with Gasteiger partial charge in [0.05, 0.1) is 12.6 Å². The molecule has 2 heterocycles. The third-order valence-corrected chi connectivity index (χ3v) is 3.63. The van der Waals surface area contributed by atoms with Crippen LogP contribution >= 0.6 is 0 Å². The number of benzene rings is 1. The first-order chi connectivity index (χ1) is 9.78. The first kappa shape index (κ1) is 13.0. The van der Waals surface area contributed by atoms with E-state index in [2.05, 4.69) is 16.4 Å². The van der Waals surface area contributed by atoms with Crippen molar-refractivity contribution in [3.05, 3.63) is 42.0 Å². The molecule has 3 rings (SSSR count). The smallest absolute Gasteiger partial charge is 0.127 e. The second-order valence-corrected chi connectivity index (χ2v) is 4.90. The van der Waals surface area contributed by atoms with Gasteiger partial charge >= 0.3 is 0 Å². The summed E-state index contributed by atoms with van der Waals surface area (Å²) in [5, 5.41) is 3.23. The first-order valence-electron chi connectivity index (χ1n) is 6.81. The highest BCUT2D eigenvalue weighted by atomic mass is 16.5. The second-order valence-electron chi connectivity index (χ2n) is 4.90. The standard InChI is InChI=1S/C15H19N3O2/c1-16-13-10-20-14-9-11(3-4-12(13)14)19-8-5-15-17-6-7-18(15)2/h3-4,6-7,9,13,16H,5,8,10H2,1-2H3. The number of ether oxygens (including phenoxy) is 2. The van der Waals surface area contributed by atoms with Gasteiger partial charge in [-0.1, -0.05) is 0 Å². The number of hydrogen-bond donors (Lipinski definition) is 1. The second kappa shape index (κ2) is 5.54. The van der Waals surface area contributed by atoms with Gasteiger partial charge in [0.15, 0.2) is 0 Å². The minimum atomic E-state index is 0.284. The average molecular weight is 273 g/mol. The summed E-state index contributed by atoms with van der Waals surface area (Å²) in [6, 6.07) is 6.31. The molecule has 20 heavy (non-hydrogen) atoms. The molecular weight excluding hydrogens is 254 g/mol. The number of imidazole rings is 1. The minimum Gasteiger partial charge on any atom is -0.493 e. The van der Waals surface area contributed by atoms with Crippen LogP contribution in [-0.4, -0.2) is 29.8 Å². The Bertz CT molecular complexity index is 595. The van der Waals surface area contributed by atoms with E-state index in [4.69, 9.17) is 9.47 Å². The molecule has 1 atom stereocenters. The summed E-state index contributed by atoms with van der Waals surface area (Å²) in [4.78, 5) is 4.28. The van der Waals surface area contributed by atoms with Gasteiger partial charge in [-0.25, -0.2) is 4.98 Å². The largest absolute Gasteiger partial charge is 0.493 e. The highest BCUT2D eigenvalue weighted by Gasteiger charge is 2.22. The van der Waals surface area contributed by atoms with E-state index < -0.39 is 0 Å². The van der Waals surface area contributed by atoms with Gasteiger partial charge in [0, 0.05) is 37.5 Å². The van der Waals surface area contributed by atoms with Crippen molar-refractivity contribution >= 4 is 0 Å². The molecule has 106 valence electrons. The van der Waals surface area contributed by atoms with E-state index in [0.29, 0.717) is 13.2 Å². The summed E-state index contributed by atoms with van der Waals surface area (Å²) >= 11 is 0. The van der Waals surface area contributed by atoms with E-state index in [0.717, 1.165) is 23.7 Å². The van der Waals surface area contributed by atoms with E-state index in [9.17, 15) is 0 Å². The van der Waals surface area contributed by atoms with Crippen molar-refractivity contribution in [2.75, 3.05) is 20.3 Å². The van der Waals surface area contributed by atoms with Crippen LogP contribution in [0.25, 0.3) is 0 Å². The van der Waals surface area contributed by atoms with Gasteiger partial charge in [0.25, 0.3) is 0 Å². The van der Waals surface area contributed by atoms with Crippen LogP contribution in [0.5, 0.6) is 11.5 Å². The average Bonchev–Trinajstić information content (AvgIpc) is 3.05. The Morgan fingerprint density at radius 1 is 1.50 bits per heavy atom. The molecule has 1 aromatic carbocycles. The Balaban J connectivity index is 1.60. The van der Waals surface area contributed by atoms with Crippen LogP contribution in [0.2, 0.25) is 0 Å². The van der Waals surface area contributed by atoms with E-state index >= 15 is 0 Å². The Morgan fingerprint density at radius 2 is 2.40 bits per heavy atom. The van der Waals surface area contributed by atoms with E-state index in [1.54, 1.807) is 6.20 Å². The zero-order valence-corrected chi connectivity index (χ0v) is 11.8. The van der Waals surface area contributed by atoms with E-state index in [1.807, 2.05) is 37.0 Å². The Labute approximate surface area is 118 Å². The molecule has 0 bridgehead atoms. The third-order valence-electron chi connectivity index (χ3n) is 3.63. The monoisotopic (exact) mass is 273 g/mol. The van der Waals surface area contributed by atoms with Crippen LogP contribution < -0.4 is 14.8 Å². The fourth-order valence-corrected chi connectivity index (χ4v) is 2.42. The third kappa shape index (κ3) is 2.49. The lowest BCUT2D eigenvalue weighted by Crippen LogP contribution is -2.17. The van der Waals surface area contributed by atoms with Crippen molar-refractivity contribution < 1.29 is 9.47 Å². The molecule has 5 nitrogen and oxygen atoms in total. The highest BCUT2D eigenvalue weighted by Crippen LogP contribution is 2.34. The highest BCUT2D eigenvalue weighted by molar-refractivity contribution is 5.44. The van der Waals surface area contributed by atoms with Gasteiger partial charge < -0.3 is 19.4 Å². The first-order valence-corrected chi connectivity index (χ1v) is 6.81. The lowest BCUT2D eigenvalue weighted by atomic mass is 10.1. The fraction of sp³-hybridized carbons (Fsp3) is 0.400. The molecule has 5 heteroatoms. The molecule has 0 radical (unpaired) electrons. The molecule has 1 aliphatic rings. The molecule has 1 N–H and O–H groups in total. The molecule has 0 aliphatic carbocycles. The zero-order valence-electron chi connectivity index (χ0n) is 11.8.